The molecule has 0 spiro atoms. The van der Waals surface area contributed by atoms with Gasteiger partial charge in [0.2, 0.25) is 0 Å². The van der Waals surface area contributed by atoms with Crippen LogP contribution < -0.4 is 11.1 Å². The van der Waals surface area contributed by atoms with E-state index >= 15 is 0 Å². The summed E-state index contributed by atoms with van der Waals surface area (Å²) in [4.78, 5) is 0. The van der Waals surface area contributed by atoms with E-state index in [2.05, 4.69) is 39.4 Å². The van der Waals surface area contributed by atoms with Crippen LogP contribution >= 0.6 is 15.9 Å². The zero-order valence-corrected chi connectivity index (χ0v) is 8.97. The molecule has 0 radical (unpaired) electrons. The predicted molar refractivity (Wildman–Crippen MR) is 58.9 cm³/mol. The number of halogens is 1. The van der Waals surface area contributed by atoms with Gasteiger partial charge in [0.1, 0.15) is 0 Å². The van der Waals surface area contributed by atoms with Crippen LogP contribution in [0.4, 0.5) is 5.69 Å². The number of nitrogens with one attached hydrogen (secondary N) is 1. The molecule has 0 fully saturated rings. The van der Waals surface area contributed by atoms with Gasteiger partial charge in [-0.2, -0.15) is 0 Å². The lowest BCUT2D eigenvalue weighted by Gasteiger charge is -2.08. The van der Waals surface area contributed by atoms with Gasteiger partial charge < -0.3 is 11.1 Å². The summed E-state index contributed by atoms with van der Waals surface area (Å²) in [7, 11) is 0. The number of anilines is 1. The molecule has 1 aromatic carbocycles. The summed E-state index contributed by atoms with van der Waals surface area (Å²) in [5.74, 6) is 0. The molecule has 1 heterocycles. The summed E-state index contributed by atoms with van der Waals surface area (Å²) in [6.45, 7) is 0.977. The Morgan fingerprint density at radius 1 is 1.46 bits per heavy atom. The maximum Gasteiger partial charge on any atom is 0.0384 e. The third-order valence-electron chi connectivity index (χ3n) is 2.38. The lowest BCUT2D eigenvalue weighted by molar-refractivity contribution is 0.642. The minimum Gasteiger partial charge on any atom is -0.385 e. The summed E-state index contributed by atoms with van der Waals surface area (Å²) in [5.41, 5.74) is 8.49. The van der Waals surface area contributed by atoms with Crippen molar-refractivity contribution >= 4 is 21.6 Å². The smallest absolute Gasteiger partial charge is 0.0384 e. The Kier molecular flexibility index (Phi) is 2.56. The van der Waals surface area contributed by atoms with E-state index in [1.165, 1.54) is 11.3 Å². The molecular formula is C10H13BrN2. The van der Waals surface area contributed by atoms with Crippen molar-refractivity contribution in [2.45, 2.75) is 18.9 Å². The molecule has 0 amide bonds. The number of nitrogens with two attached hydrogens (primary N) is 1. The van der Waals surface area contributed by atoms with Crippen LogP contribution in [0.1, 0.15) is 12.0 Å². The number of fused-ring (bicyclic) bond motifs is 1. The minimum atomic E-state index is 0.301. The van der Waals surface area contributed by atoms with E-state index in [1.54, 1.807) is 0 Å². The van der Waals surface area contributed by atoms with Crippen LogP contribution in [0, 0.1) is 0 Å². The average Bonchev–Trinajstić information content (AvgIpc) is 2.25. The first kappa shape index (κ1) is 9.03. The monoisotopic (exact) mass is 240 g/mol. The molecule has 3 N–H and O–H groups in total. The van der Waals surface area contributed by atoms with Gasteiger partial charge in [-0.25, -0.2) is 0 Å². The SMILES string of the molecule is NC1CCNc2cc(Br)ccc2C1. The summed E-state index contributed by atoms with van der Waals surface area (Å²) >= 11 is 3.46. The second-order valence-electron chi connectivity index (χ2n) is 3.48. The third kappa shape index (κ3) is 2.03. The fraction of sp³-hybridized carbons (Fsp3) is 0.400. The number of hydrogen-bond acceptors (Lipinski definition) is 2. The fourth-order valence-corrected chi connectivity index (χ4v) is 2.03. The van der Waals surface area contributed by atoms with Gasteiger partial charge in [0.15, 0.2) is 0 Å². The molecule has 0 aliphatic carbocycles. The van der Waals surface area contributed by atoms with Gasteiger partial charge in [0.05, 0.1) is 0 Å². The highest BCUT2D eigenvalue weighted by Gasteiger charge is 2.12. The van der Waals surface area contributed by atoms with Crippen molar-refractivity contribution in [3.63, 3.8) is 0 Å². The van der Waals surface area contributed by atoms with Crippen molar-refractivity contribution < 1.29 is 0 Å². The highest BCUT2D eigenvalue weighted by molar-refractivity contribution is 9.10. The molecule has 2 rings (SSSR count). The number of benzene rings is 1. The van der Waals surface area contributed by atoms with Gasteiger partial charge >= 0.3 is 0 Å². The maximum atomic E-state index is 5.94. The summed E-state index contributed by atoms with van der Waals surface area (Å²) in [6.07, 6.45) is 2.03. The molecule has 3 heteroatoms. The molecule has 70 valence electrons. The zero-order valence-electron chi connectivity index (χ0n) is 7.39. The Balaban J connectivity index is 2.34. The normalized spacial score (nSPS) is 21.5. The topological polar surface area (TPSA) is 38.0 Å². The molecule has 1 aliphatic rings. The molecule has 2 nitrogen and oxygen atoms in total. The van der Waals surface area contributed by atoms with E-state index in [0.717, 1.165) is 23.9 Å². The largest absolute Gasteiger partial charge is 0.385 e. The highest BCUT2D eigenvalue weighted by Crippen LogP contribution is 2.24. The van der Waals surface area contributed by atoms with Crippen LogP contribution in [0.5, 0.6) is 0 Å². The van der Waals surface area contributed by atoms with Crippen molar-refractivity contribution in [2.24, 2.45) is 5.73 Å². The molecule has 13 heavy (non-hydrogen) atoms. The van der Waals surface area contributed by atoms with E-state index in [1.807, 2.05) is 0 Å². The van der Waals surface area contributed by atoms with Crippen LogP contribution in [0.15, 0.2) is 22.7 Å². The van der Waals surface area contributed by atoms with Crippen molar-refractivity contribution in [1.82, 2.24) is 0 Å². The van der Waals surface area contributed by atoms with Gasteiger partial charge in [-0.15, -0.1) is 0 Å². The summed E-state index contributed by atoms with van der Waals surface area (Å²) in [6, 6.07) is 6.62. The summed E-state index contributed by atoms with van der Waals surface area (Å²) < 4.78 is 1.12. The van der Waals surface area contributed by atoms with E-state index in [-0.39, 0.29) is 0 Å². The first-order chi connectivity index (χ1) is 6.25. The first-order valence-corrected chi connectivity index (χ1v) is 5.33. The molecule has 0 aromatic heterocycles. The Morgan fingerprint density at radius 3 is 3.15 bits per heavy atom. The second-order valence-corrected chi connectivity index (χ2v) is 4.40. The average molecular weight is 241 g/mol. The van der Waals surface area contributed by atoms with Gasteiger partial charge in [0.25, 0.3) is 0 Å². The molecule has 1 atom stereocenters. The number of rotatable bonds is 0. The van der Waals surface area contributed by atoms with Crippen LogP contribution in [0.25, 0.3) is 0 Å². The van der Waals surface area contributed by atoms with Gasteiger partial charge in [-0.1, -0.05) is 22.0 Å². The molecule has 1 aliphatic heterocycles. The van der Waals surface area contributed by atoms with Crippen molar-refractivity contribution in [1.29, 1.82) is 0 Å². The van der Waals surface area contributed by atoms with E-state index in [4.69, 9.17) is 5.73 Å². The summed E-state index contributed by atoms with van der Waals surface area (Å²) in [5, 5.41) is 3.39. The Labute approximate surface area is 86.6 Å². The minimum absolute atomic E-state index is 0.301. The van der Waals surface area contributed by atoms with Crippen LogP contribution in [0.2, 0.25) is 0 Å². The van der Waals surface area contributed by atoms with Gasteiger partial charge in [-0.3, -0.25) is 0 Å². The molecule has 1 unspecified atom stereocenters. The standard InChI is InChI=1S/C10H13BrN2/c11-8-2-1-7-5-9(12)3-4-13-10(7)6-8/h1-2,6,9,13H,3-5,12H2. The van der Waals surface area contributed by atoms with Crippen molar-refractivity contribution in [3.8, 4) is 0 Å². The van der Waals surface area contributed by atoms with E-state index in [9.17, 15) is 0 Å². The van der Waals surface area contributed by atoms with E-state index < -0.39 is 0 Å². The number of hydrogen-bond donors (Lipinski definition) is 2. The third-order valence-corrected chi connectivity index (χ3v) is 2.88. The lowest BCUT2D eigenvalue weighted by Crippen LogP contribution is -2.22. The highest BCUT2D eigenvalue weighted by atomic mass is 79.9. The van der Waals surface area contributed by atoms with Crippen LogP contribution in [-0.4, -0.2) is 12.6 Å². The Bertz CT molecular complexity index is 312. The quantitative estimate of drug-likeness (QED) is 0.730. The van der Waals surface area contributed by atoms with E-state index in [0.29, 0.717) is 6.04 Å². The van der Waals surface area contributed by atoms with Crippen LogP contribution in [0.3, 0.4) is 0 Å². The van der Waals surface area contributed by atoms with Crippen molar-refractivity contribution in [3.05, 3.63) is 28.2 Å². The Morgan fingerprint density at radius 2 is 2.31 bits per heavy atom. The predicted octanol–water partition coefficient (Wildman–Crippen LogP) is 2.13. The lowest BCUT2D eigenvalue weighted by atomic mass is 10.0. The van der Waals surface area contributed by atoms with Crippen LogP contribution in [-0.2, 0) is 6.42 Å². The van der Waals surface area contributed by atoms with Gasteiger partial charge in [-0.05, 0) is 30.5 Å². The van der Waals surface area contributed by atoms with Gasteiger partial charge in [0, 0.05) is 22.7 Å². The molecule has 0 saturated carbocycles. The molecular weight excluding hydrogens is 228 g/mol. The second kappa shape index (κ2) is 3.68. The molecule has 1 aromatic rings. The molecule has 0 saturated heterocycles. The zero-order chi connectivity index (χ0) is 9.26. The van der Waals surface area contributed by atoms with Crippen molar-refractivity contribution in [2.75, 3.05) is 11.9 Å². The first-order valence-electron chi connectivity index (χ1n) is 4.53. The fourth-order valence-electron chi connectivity index (χ4n) is 1.67. The Hall–Kier alpha value is -0.540. The molecule has 0 bridgehead atoms. The maximum absolute atomic E-state index is 5.94.